The number of halogens is 3. The van der Waals surface area contributed by atoms with E-state index in [-0.39, 0.29) is 42.1 Å². The summed E-state index contributed by atoms with van der Waals surface area (Å²) in [7, 11) is 0. The summed E-state index contributed by atoms with van der Waals surface area (Å²) in [6.07, 6.45) is 8.37. The molecule has 6 rings (SSSR count). The smallest absolute Gasteiger partial charge is 0.237 e. The molecule has 3 amide bonds. The van der Waals surface area contributed by atoms with Crippen molar-refractivity contribution in [3.05, 3.63) is 79.4 Å². The zero-order chi connectivity index (χ0) is 29.6. The first-order valence-corrected chi connectivity index (χ1v) is 16.2. The third-order valence-electron chi connectivity index (χ3n) is 9.06. The Hall–Kier alpha value is -2.56. The molecule has 2 fully saturated rings. The molecule has 0 bridgehead atoms. The molecule has 0 saturated carbocycles. The summed E-state index contributed by atoms with van der Waals surface area (Å²) in [5.41, 5.74) is 1.09. The number of benzene rings is 2. The first-order chi connectivity index (χ1) is 20.2. The molecule has 3 heterocycles. The van der Waals surface area contributed by atoms with Gasteiger partial charge in [0.15, 0.2) is 0 Å². The number of nitrogens with one attached hydrogen (secondary N) is 2. The summed E-state index contributed by atoms with van der Waals surface area (Å²) >= 11 is 15.1. The van der Waals surface area contributed by atoms with Crippen molar-refractivity contribution >= 4 is 69.2 Å². The minimum atomic E-state index is -1.13. The molecule has 1 spiro atoms. The van der Waals surface area contributed by atoms with Crippen molar-refractivity contribution in [3.8, 4) is 5.75 Å². The molecule has 2 N–H and O–H groups in total. The molecule has 3 aliphatic heterocycles. The maximum absolute atomic E-state index is 14.4. The molecule has 2 aromatic rings. The van der Waals surface area contributed by atoms with E-state index in [0.29, 0.717) is 60.3 Å². The molecule has 220 valence electrons. The van der Waals surface area contributed by atoms with Gasteiger partial charge in [-0.15, -0.1) is 0 Å². The largest absolute Gasteiger partial charge is 0.490 e. The summed E-state index contributed by atoms with van der Waals surface area (Å²) in [5, 5.41) is 7.55. The quantitative estimate of drug-likeness (QED) is 0.346. The third-order valence-corrected chi connectivity index (χ3v) is 10.2. The van der Waals surface area contributed by atoms with E-state index in [0.717, 1.165) is 14.7 Å². The molecule has 0 radical (unpaired) electrons. The van der Waals surface area contributed by atoms with Crippen molar-refractivity contribution < 1.29 is 19.1 Å². The zero-order valence-electron chi connectivity index (χ0n) is 23.2. The van der Waals surface area contributed by atoms with Crippen LogP contribution in [0.5, 0.6) is 5.75 Å². The number of rotatable bonds is 5. The number of allylic oxidation sites excluding steroid dienone is 4. The molecule has 42 heavy (non-hydrogen) atoms. The van der Waals surface area contributed by atoms with Gasteiger partial charge in [0.05, 0.1) is 6.04 Å². The lowest BCUT2D eigenvalue weighted by molar-refractivity contribution is -0.135. The van der Waals surface area contributed by atoms with Gasteiger partial charge in [-0.3, -0.25) is 14.4 Å². The first kappa shape index (κ1) is 29.5. The Bertz CT molecular complexity index is 1500. The van der Waals surface area contributed by atoms with Gasteiger partial charge in [0.2, 0.25) is 17.7 Å². The van der Waals surface area contributed by atoms with Gasteiger partial charge in [0.25, 0.3) is 0 Å². The highest BCUT2D eigenvalue weighted by atomic mass is 127. The van der Waals surface area contributed by atoms with E-state index < -0.39 is 11.5 Å². The molecule has 1 aliphatic carbocycles. The third kappa shape index (κ3) is 5.24. The highest BCUT2D eigenvalue weighted by molar-refractivity contribution is 14.1. The van der Waals surface area contributed by atoms with Gasteiger partial charge in [0.1, 0.15) is 17.3 Å². The van der Waals surface area contributed by atoms with Crippen molar-refractivity contribution in [2.24, 2.45) is 11.8 Å². The summed E-state index contributed by atoms with van der Waals surface area (Å²) in [4.78, 5) is 42.0. The molecular weight excluding hydrogens is 688 g/mol. The maximum atomic E-state index is 14.4. The van der Waals surface area contributed by atoms with Crippen molar-refractivity contribution in [3.63, 3.8) is 0 Å². The first-order valence-electron chi connectivity index (χ1n) is 14.4. The van der Waals surface area contributed by atoms with Crippen LogP contribution in [0.1, 0.15) is 56.2 Å². The number of hydrogen-bond donors (Lipinski definition) is 2. The van der Waals surface area contributed by atoms with Crippen LogP contribution in [0.4, 0.5) is 5.69 Å². The number of fused-ring (bicyclic) bond motifs is 2. The van der Waals surface area contributed by atoms with Crippen LogP contribution in [0.3, 0.4) is 0 Å². The van der Waals surface area contributed by atoms with Crippen LogP contribution in [-0.2, 0) is 19.8 Å². The Morgan fingerprint density at radius 1 is 1.12 bits per heavy atom. The molecular formula is C32H32Cl2IN3O4. The second kappa shape index (κ2) is 11.8. The Kier molecular flexibility index (Phi) is 8.32. The number of carbonyl (C=O) groups excluding carboxylic acids is 3. The highest BCUT2D eigenvalue weighted by Crippen LogP contribution is 2.58. The number of anilines is 1. The molecule has 4 aliphatic rings. The number of amides is 3. The van der Waals surface area contributed by atoms with E-state index in [1.165, 1.54) is 0 Å². The van der Waals surface area contributed by atoms with Crippen LogP contribution in [0.25, 0.3) is 0 Å². The number of ether oxygens (including phenoxy) is 1. The maximum Gasteiger partial charge on any atom is 0.237 e. The average Bonchev–Trinajstić information content (AvgIpc) is 3.25. The molecule has 2 aromatic carbocycles. The van der Waals surface area contributed by atoms with E-state index in [1.54, 1.807) is 12.1 Å². The molecule has 4 atom stereocenters. The Morgan fingerprint density at radius 3 is 2.64 bits per heavy atom. The van der Waals surface area contributed by atoms with Crippen molar-refractivity contribution in [2.75, 3.05) is 18.4 Å². The molecule has 10 heteroatoms. The second-order valence-electron chi connectivity index (χ2n) is 11.4. The van der Waals surface area contributed by atoms with Gasteiger partial charge in [-0.05, 0) is 82.8 Å². The topological polar surface area (TPSA) is 87.7 Å². The number of likely N-dealkylation sites (tertiary alicyclic amines) is 1. The van der Waals surface area contributed by atoms with Gasteiger partial charge >= 0.3 is 0 Å². The van der Waals surface area contributed by atoms with Crippen LogP contribution in [0.15, 0.2) is 59.7 Å². The van der Waals surface area contributed by atoms with Crippen LogP contribution in [0.2, 0.25) is 5.02 Å². The van der Waals surface area contributed by atoms with Crippen molar-refractivity contribution in [1.29, 1.82) is 0 Å². The summed E-state index contributed by atoms with van der Waals surface area (Å²) in [6, 6.07) is 10.7. The zero-order valence-corrected chi connectivity index (χ0v) is 26.8. The number of nitrogens with zero attached hydrogens (tertiary/aromatic N) is 1. The Balaban J connectivity index is 1.45. The standard InChI is InChI=1S/C32H32Cl2IN3O4/c1-2-29(40)38-12-10-22(11-13-38)42-27-9-7-21(35)16-23(27)30-32(24-8-6-20(34)15-26(24)36-31(32)41)25(17-28(39)37-30)18-4-3-5-19(33)14-18/h3-9,15-16,18,22,25,30H,2,10-14,17H2,1H3,(H,36,41)(H,37,39)/t18?,25-,30+,32-/m0/s1. The van der Waals surface area contributed by atoms with Crippen molar-refractivity contribution in [1.82, 2.24) is 10.2 Å². The van der Waals surface area contributed by atoms with Crippen LogP contribution < -0.4 is 15.4 Å². The lowest BCUT2D eigenvalue weighted by Crippen LogP contribution is -2.59. The highest BCUT2D eigenvalue weighted by Gasteiger charge is 2.62. The predicted octanol–water partition coefficient (Wildman–Crippen LogP) is 6.49. The Labute approximate surface area is 269 Å². The fourth-order valence-corrected chi connectivity index (χ4v) is 8.06. The minimum absolute atomic E-state index is 0.0931. The SMILES string of the molecule is CCC(=O)N1CCC(Oc2ccc(I)cc2[C@H]2NC(=O)C[C@@H](C3C=CC=C(Cl)C3)[C@]23C(=O)Nc2cc(Cl)ccc23)CC1. The Morgan fingerprint density at radius 2 is 1.90 bits per heavy atom. The fraction of sp³-hybridized carbons (Fsp3) is 0.406. The number of hydrogen-bond acceptors (Lipinski definition) is 4. The van der Waals surface area contributed by atoms with Gasteiger partial charge < -0.3 is 20.3 Å². The molecule has 1 unspecified atom stereocenters. The van der Waals surface area contributed by atoms with E-state index in [4.69, 9.17) is 27.9 Å². The van der Waals surface area contributed by atoms with E-state index in [1.807, 2.05) is 48.2 Å². The molecule has 0 aromatic heterocycles. The lowest BCUT2D eigenvalue weighted by Gasteiger charge is -2.49. The lowest BCUT2D eigenvalue weighted by atomic mass is 9.57. The van der Waals surface area contributed by atoms with E-state index in [2.05, 4.69) is 39.3 Å². The van der Waals surface area contributed by atoms with E-state index in [9.17, 15) is 14.4 Å². The van der Waals surface area contributed by atoms with E-state index >= 15 is 0 Å². The van der Waals surface area contributed by atoms with Gasteiger partial charge in [-0.25, -0.2) is 0 Å². The van der Waals surface area contributed by atoms with Gasteiger partial charge in [-0.1, -0.05) is 48.3 Å². The summed E-state index contributed by atoms with van der Waals surface area (Å²) < 4.78 is 7.61. The number of carbonyl (C=O) groups is 3. The van der Waals surface area contributed by atoms with Crippen LogP contribution in [-0.4, -0.2) is 41.8 Å². The average molecular weight is 720 g/mol. The monoisotopic (exact) mass is 719 g/mol. The number of piperidine rings is 2. The fourth-order valence-electron chi connectivity index (χ4n) is 7.12. The van der Waals surface area contributed by atoms with Crippen LogP contribution >= 0.6 is 45.8 Å². The normalized spacial score (nSPS) is 27.4. The predicted molar refractivity (Wildman–Crippen MR) is 172 cm³/mol. The van der Waals surface area contributed by atoms with Crippen LogP contribution in [0, 0.1) is 15.4 Å². The minimum Gasteiger partial charge on any atom is -0.490 e. The second-order valence-corrected chi connectivity index (χ2v) is 13.6. The van der Waals surface area contributed by atoms with Crippen molar-refractivity contribution in [2.45, 2.75) is 56.6 Å². The summed E-state index contributed by atoms with van der Waals surface area (Å²) in [6.45, 7) is 3.16. The molecule has 7 nitrogen and oxygen atoms in total. The summed E-state index contributed by atoms with van der Waals surface area (Å²) in [5.74, 6) is -0.0130. The molecule has 2 saturated heterocycles. The van der Waals surface area contributed by atoms with Gasteiger partial charge in [0, 0.05) is 63.6 Å². The van der Waals surface area contributed by atoms with Gasteiger partial charge in [-0.2, -0.15) is 0 Å².